The van der Waals surface area contributed by atoms with Gasteiger partial charge in [0, 0.05) is 11.6 Å². The van der Waals surface area contributed by atoms with E-state index in [1.54, 1.807) is 0 Å². The summed E-state index contributed by atoms with van der Waals surface area (Å²) in [7, 11) is -3.35. The molecule has 0 spiro atoms. The molecule has 15 heavy (non-hydrogen) atoms. The first-order valence-electron chi connectivity index (χ1n) is 5.30. The molecule has 2 unspecified atom stereocenters. The summed E-state index contributed by atoms with van der Waals surface area (Å²) in [6.07, 6.45) is 0. The Kier molecular flexibility index (Phi) is 2.57. The third-order valence-electron chi connectivity index (χ3n) is 2.82. The molecule has 3 N–H and O–H groups in total. The summed E-state index contributed by atoms with van der Waals surface area (Å²) in [6, 6.07) is 0.145. The van der Waals surface area contributed by atoms with Crippen LogP contribution in [0.4, 0.5) is 0 Å². The topological polar surface area (TPSA) is 70.2 Å². The fourth-order valence-corrected chi connectivity index (χ4v) is 3.78. The van der Waals surface area contributed by atoms with Crippen LogP contribution < -0.4 is 14.8 Å². The molecule has 2 rings (SSSR count). The van der Waals surface area contributed by atoms with E-state index in [2.05, 4.69) is 14.8 Å². The number of hydrogen-bond donors (Lipinski definition) is 3. The summed E-state index contributed by atoms with van der Waals surface area (Å²) in [5.74, 6) is 1.00. The van der Waals surface area contributed by atoms with Crippen LogP contribution in [-0.4, -0.2) is 33.1 Å². The molecule has 2 aliphatic rings. The lowest BCUT2D eigenvalue weighted by Crippen LogP contribution is -2.48. The second-order valence-electron chi connectivity index (χ2n) is 5.49. The third-order valence-corrected chi connectivity index (χ3v) is 4.29. The van der Waals surface area contributed by atoms with E-state index in [-0.39, 0.29) is 6.04 Å². The lowest BCUT2D eigenvalue weighted by atomic mass is 10.1. The predicted molar refractivity (Wildman–Crippen MR) is 58.6 cm³/mol. The molecular weight excluding hydrogens is 214 g/mol. The number of piperidine rings is 1. The molecule has 1 saturated carbocycles. The van der Waals surface area contributed by atoms with E-state index < -0.39 is 15.7 Å². The Bertz CT molecular complexity index is 337. The minimum Gasteiger partial charge on any atom is -0.316 e. The molecule has 1 aliphatic heterocycles. The molecule has 0 aromatic carbocycles. The zero-order chi connectivity index (χ0) is 11.3. The Hall–Kier alpha value is -0.170. The zero-order valence-electron chi connectivity index (χ0n) is 9.37. The predicted octanol–water partition coefficient (Wildman–Crippen LogP) is -0.573. The number of fused-ring (bicyclic) bond motifs is 1. The van der Waals surface area contributed by atoms with E-state index in [1.165, 1.54) is 0 Å². The van der Waals surface area contributed by atoms with E-state index in [9.17, 15) is 8.42 Å². The smallest absolute Gasteiger partial charge is 0.277 e. The molecule has 0 aromatic heterocycles. The minimum atomic E-state index is -3.35. The summed E-state index contributed by atoms with van der Waals surface area (Å²) < 4.78 is 28.7. The van der Waals surface area contributed by atoms with Gasteiger partial charge in [0.25, 0.3) is 10.2 Å². The van der Waals surface area contributed by atoms with Crippen molar-refractivity contribution >= 4 is 10.2 Å². The lowest BCUT2D eigenvalue weighted by molar-refractivity contribution is 0.479. The maximum atomic E-state index is 11.7. The van der Waals surface area contributed by atoms with Gasteiger partial charge in [-0.1, -0.05) is 0 Å². The number of nitrogens with one attached hydrogen (secondary N) is 3. The van der Waals surface area contributed by atoms with Crippen molar-refractivity contribution < 1.29 is 8.42 Å². The van der Waals surface area contributed by atoms with Crippen LogP contribution in [0.3, 0.4) is 0 Å². The molecule has 0 radical (unpaired) electrons. The molecule has 0 aromatic rings. The van der Waals surface area contributed by atoms with Gasteiger partial charge in [-0.15, -0.1) is 0 Å². The van der Waals surface area contributed by atoms with Crippen LogP contribution in [0, 0.1) is 11.8 Å². The van der Waals surface area contributed by atoms with Crippen LogP contribution in [0.1, 0.15) is 20.8 Å². The van der Waals surface area contributed by atoms with Crippen molar-refractivity contribution in [2.75, 3.05) is 13.1 Å². The molecule has 1 heterocycles. The molecule has 2 fully saturated rings. The fourth-order valence-electron chi connectivity index (χ4n) is 2.20. The van der Waals surface area contributed by atoms with Gasteiger partial charge in [-0.05, 0) is 45.7 Å². The lowest BCUT2D eigenvalue weighted by Gasteiger charge is -2.21. The molecule has 2 atom stereocenters. The number of rotatable bonds is 3. The normalized spacial score (nSPS) is 35.3. The van der Waals surface area contributed by atoms with Crippen molar-refractivity contribution in [2.45, 2.75) is 32.4 Å². The Balaban J connectivity index is 1.89. The SMILES string of the molecule is CC(C)(C)NS(=O)(=O)NC1C2CNCC21. The maximum absolute atomic E-state index is 11.7. The Morgan fingerprint density at radius 3 is 2.20 bits per heavy atom. The van der Waals surface area contributed by atoms with E-state index in [0.29, 0.717) is 11.8 Å². The van der Waals surface area contributed by atoms with E-state index in [4.69, 9.17) is 0 Å². The van der Waals surface area contributed by atoms with Gasteiger partial charge in [0.05, 0.1) is 0 Å². The van der Waals surface area contributed by atoms with Crippen LogP contribution in [0.5, 0.6) is 0 Å². The highest BCUT2D eigenvalue weighted by atomic mass is 32.2. The summed E-state index contributed by atoms with van der Waals surface area (Å²) in [6.45, 7) is 7.38. The van der Waals surface area contributed by atoms with Gasteiger partial charge in [-0.25, -0.2) is 0 Å². The minimum absolute atomic E-state index is 0.145. The molecule has 0 bridgehead atoms. The Morgan fingerprint density at radius 1 is 1.20 bits per heavy atom. The largest absolute Gasteiger partial charge is 0.316 e. The maximum Gasteiger partial charge on any atom is 0.277 e. The average molecular weight is 233 g/mol. The van der Waals surface area contributed by atoms with Crippen LogP contribution in [0.25, 0.3) is 0 Å². The number of hydrogen-bond acceptors (Lipinski definition) is 3. The standard InChI is InChI=1S/C9H19N3O2S/c1-9(2,3)12-15(13,14)11-8-6-4-10-5-7(6)8/h6-8,10-12H,4-5H2,1-3H3. The van der Waals surface area contributed by atoms with E-state index in [1.807, 2.05) is 20.8 Å². The van der Waals surface area contributed by atoms with Crippen molar-refractivity contribution in [3.63, 3.8) is 0 Å². The molecule has 5 nitrogen and oxygen atoms in total. The van der Waals surface area contributed by atoms with Crippen LogP contribution in [-0.2, 0) is 10.2 Å². The fraction of sp³-hybridized carbons (Fsp3) is 1.00. The third kappa shape index (κ3) is 2.69. The molecule has 1 aliphatic carbocycles. The van der Waals surface area contributed by atoms with Gasteiger partial charge in [-0.2, -0.15) is 17.9 Å². The first-order valence-corrected chi connectivity index (χ1v) is 6.79. The Labute approximate surface area is 91.2 Å². The summed E-state index contributed by atoms with van der Waals surface area (Å²) in [5, 5.41) is 3.23. The van der Waals surface area contributed by atoms with Crippen LogP contribution >= 0.6 is 0 Å². The van der Waals surface area contributed by atoms with Crippen molar-refractivity contribution in [1.29, 1.82) is 0 Å². The highest BCUT2D eigenvalue weighted by Gasteiger charge is 2.54. The van der Waals surface area contributed by atoms with Crippen molar-refractivity contribution in [3.8, 4) is 0 Å². The zero-order valence-corrected chi connectivity index (χ0v) is 10.2. The highest BCUT2D eigenvalue weighted by molar-refractivity contribution is 7.87. The molecule has 1 saturated heterocycles. The first kappa shape index (κ1) is 11.3. The van der Waals surface area contributed by atoms with Gasteiger partial charge in [-0.3, -0.25) is 0 Å². The Morgan fingerprint density at radius 2 is 1.73 bits per heavy atom. The molecular formula is C9H19N3O2S. The van der Waals surface area contributed by atoms with Gasteiger partial charge < -0.3 is 5.32 Å². The quantitative estimate of drug-likeness (QED) is 0.611. The van der Waals surface area contributed by atoms with Crippen LogP contribution in [0.15, 0.2) is 0 Å². The second-order valence-corrected chi connectivity index (χ2v) is 6.93. The highest BCUT2D eigenvalue weighted by Crippen LogP contribution is 2.41. The summed E-state index contributed by atoms with van der Waals surface area (Å²) in [5.41, 5.74) is -0.423. The van der Waals surface area contributed by atoms with Gasteiger partial charge in [0.1, 0.15) is 0 Å². The van der Waals surface area contributed by atoms with Gasteiger partial charge >= 0.3 is 0 Å². The summed E-state index contributed by atoms with van der Waals surface area (Å²) in [4.78, 5) is 0. The average Bonchev–Trinajstić information content (AvgIpc) is 2.50. The van der Waals surface area contributed by atoms with Crippen LogP contribution in [0.2, 0.25) is 0 Å². The molecule has 88 valence electrons. The van der Waals surface area contributed by atoms with E-state index >= 15 is 0 Å². The first-order chi connectivity index (χ1) is 6.79. The van der Waals surface area contributed by atoms with Crippen molar-refractivity contribution in [3.05, 3.63) is 0 Å². The summed E-state index contributed by atoms with van der Waals surface area (Å²) >= 11 is 0. The monoisotopic (exact) mass is 233 g/mol. The second kappa shape index (κ2) is 3.41. The van der Waals surface area contributed by atoms with Crippen molar-refractivity contribution in [2.24, 2.45) is 11.8 Å². The molecule has 0 amide bonds. The molecule has 6 heteroatoms. The van der Waals surface area contributed by atoms with Gasteiger partial charge in [0.2, 0.25) is 0 Å². The van der Waals surface area contributed by atoms with Crippen molar-refractivity contribution in [1.82, 2.24) is 14.8 Å². The van der Waals surface area contributed by atoms with Gasteiger partial charge in [0.15, 0.2) is 0 Å². The van der Waals surface area contributed by atoms with E-state index in [0.717, 1.165) is 13.1 Å².